The van der Waals surface area contributed by atoms with Crippen molar-refractivity contribution in [1.29, 1.82) is 0 Å². The third kappa shape index (κ3) is 8.21. The van der Waals surface area contributed by atoms with Crippen molar-refractivity contribution in [1.82, 2.24) is 0 Å². The number of ether oxygens (including phenoxy) is 2. The van der Waals surface area contributed by atoms with Gasteiger partial charge < -0.3 is 9.47 Å². The average Bonchev–Trinajstić information content (AvgIpc) is 2.30. The van der Waals surface area contributed by atoms with E-state index in [0.29, 0.717) is 30.6 Å². The fraction of sp³-hybridized carbons (Fsp3) is 0.400. The second kappa shape index (κ2) is 10.9. The van der Waals surface area contributed by atoms with Crippen molar-refractivity contribution in [2.75, 3.05) is 19.8 Å². The molecule has 0 aromatic heterocycles. The third-order valence-electron chi connectivity index (χ3n) is 1.44. The van der Waals surface area contributed by atoms with Crippen LogP contribution in [-0.4, -0.2) is 19.8 Å². The summed E-state index contributed by atoms with van der Waals surface area (Å²) in [5.74, 6) is 0.698. The fourth-order valence-corrected chi connectivity index (χ4v) is 0.954. The molecular weight excluding hydrogens is 333 g/mol. The van der Waals surface area contributed by atoms with Gasteiger partial charge in [0.05, 0.1) is 6.61 Å². The zero-order valence-corrected chi connectivity index (χ0v) is 13.9. The second-order valence-corrected chi connectivity index (χ2v) is 2.85. The summed E-state index contributed by atoms with van der Waals surface area (Å²) in [4.78, 5) is 0. The van der Waals surface area contributed by atoms with Crippen LogP contribution in [-0.2, 0) is 21.1 Å². The molecule has 0 saturated heterocycles. The molecule has 80 valence electrons. The van der Waals surface area contributed by atoms with Gasteiger partial charge in [-0.15, -0.1) is 12.1 Å². The van der Waals surface area contributed by atoms with Gasteiger partial charge in [0.2, 0.25) is 0 Å². The molecule has 0 spiro atoms. The number of benzene rings is 1. The Morgan fingerprint density at radius 1 is 1.40 bits per heavy atom. The van der Waals surface area contributed by atoms with E-state index >= 15 is 0 Å². The summed E-state index contributed by atoms with van der Waals surface area (Å²) < 4.78 is 10.4. The molecule has 0 N–H and O–H groups in total. The first-order valence-corrected chi connectivity index (χ1v) is 11.8. The molecule has 1 aromatic rings. The third-order valence-corrected chi connectivity index (χ3v) is 1.67. The first-order chi connectivity index (χ1) is 7.33. The molecule has 1 aromatic carbocycles. The van der Waals surface area contributed by atoms with Crippen molar-refractivity contribution >= 4 is 25.2 Å². The van der Waals surface area contributed by atoms with E-state index in [2.05, 4.69) is 19.7 Å². The Morgan fingerprint density at radius 3 is 2.67 bits per heavy atom. The molecule has 0 saturated carbocycles. The van der Waals surface area contributed by atoms with E-state index in [-0.39, 0.29) is 0 Å². The van der Waals surface area contributed by atoms with Crippen LogP contribution in [0.4, 0.5) is 0 Å². The minimum absolute atomic E-state index is 0.548. The molecule has 15 heavy (non-hydrogen) atoms. The summed E-state index contributed by atoms with van der Waals surface area (Å²) in [6.45, 7) is 3.82. The summed E-state index contributed by atoms with van der Waals surface area (Å²) in [5.41, 5.74) is 0. The molecule has 0 atom stereocenters. The van der Waals surface area contributed by atoms with Crippen molar-refractivity contribution in [2.24, 2.45) is 0 Å². The molecule has 0 aliphatic carbocycles. The number of hydrogen-bond donors (Lipinski definition) is 0. The van der Waals surface area contributed by atoms with Crippen LogP contribution in [0, 0.1) is 6.07 Å². The zero-order chi connectivity index (χ0) is 11.5. The predicted octanol–water partition coefficient (Wildman–Crippen LogP) is 3.40. The van der Waals surface area contributed by atoms with Crippen molar-refractivity contribution in [3.8, 4) is 5.75 Å². The summed E-state index contributed by atoms with van der Waals surface area (Å²) in [5, 5.41) is 0.664. The van der Waals surface area contributed by atoms with Crippen LogP contribution >= 0.6 is 25.2 Å². The van der Waals surface area contributed by atoms with Gasteiger partial charge in [0.1, 0.15) is 6.61 Å². The Bertz CT molecular complexity index is 244. The molecule has 2 nitrogen and oxygen atoms in total. The summed E-state index contributed by atoms with van der Waals surface area (Å²) in [6, 6.07) is 8.14. The van der Waals surface area contributed by atoms with Crippen LogP contribution in [0.3, 0.4) is 0 Å². The summed E-state index contributed by atoms with van der Waals surface area (Å²) in [6.07, 6.45) is 0. The van der Waals surface area contributed by atoms with Gasteiger partial charge in [-0.1, -0.05) is 5.02 Å². The molecule has 0 heterocycles. The molecule has 0 amide bonds. The maximum absolute atomic E-state index is 5.68. The maximum atomic E-state index is 5.68. The standard InChI is InChI=1S/C10H12ClO2.BrH.Zn/c1-2-12-7-8-13-10-5-3-9(11)4-6-10;;/h3-5H,2,7-8H2,1H3;1H;/q-1;;+2/p-1. The van der Waals surface area contributed by atoms with Crippen LogP contribution in [0.5, 0.6) is 5.75 Å². The van der Waals surface area contributed by atoms with Gasteiger partial charge in [-0.25, -0.2) is 0 Å². The molecule has 0 aliphatic rings. The summed E-state index contributed by atoms with van der Waals surface area (Å²) >= 11 is 9.93. The van der Waals surface area contributed by atoms with Crippen LogP contribution in [0.1, 0.15) is 6.92 Å². The predicted molar refractivity (Wildman–Crippen MR) is 61.2 cm³/mol. The normalized spacial score (nSPS) is 9.13. The van der Waals surface area contributed by atoms with Crippen molar-refractivity contribution in [3.63, 3.8) is 0 Å². The molecule has 0 unspecified atom stereocenters. The molecule has 0 radical (unpaired) electrons. The molecule has 0 fully saturated rings. The Labute approximate surface area is 112 Å². The molecule has 1 rings (SSSR count). The monoisotopic (exact) mass is 342 g/mol. The van der Waals surface area contributed by atoms with Crippen molar-refractivity contribution in [2.45, 2.75) is 6.92 Å². The minimum atomic E-state index is 0.548. The fourth-order valence-electron chi connectivity index (χ4n) is 0.836. The average molecular weight is 345 g/mol. The number of halogens is 2. The second-order valence-electron chi connectivity index (χ2n) is 2.42. The number of hydrogen-bond acceptors (Lipinski definition) is 2. The van der Waals surface area contributed by atoms with E-state index in [1.807, 2.05) is 6.92 Å². The van der Waals surface area contributed by atoms with Gasteiger partial charge in [0, 0.05) is 12.4 Å². The zero-order valence-electron chi connectivity index (χ0n) is 8.63. The summed E-state index contributed by atoms with van der Waals surface area (Å²) in [7, 11) is 0. The van der Waals surface area contributed by atoms with E-state index in [9.17, 15) is 0 Å². The topological polar surface area (TPSA) is 18.5 Å². The van der Waals surface area contributed by atoms with Crippen molar-refractivity contribution < 1.29 is 25.8 Å². The van der Waals surface area contributed by atoms with E-state index in [1.165, 1.54) is 16.3 Å². The first kappa shape index (κ1) is 15.4. The van der Waals surface area contributed by atoms with Crippen LogP contribution in [0.25, 0.3) is 0 Å². The molecule has 5 heteroatoms. The van der Waals surface area contributed by atoms with Gasteiger partial charge in [-0.3, -0.25) is 0 Å². The quantitative estimate of drug-likeness (QED) is 0.463. The Hall–Kier alpha value is 0.373. The van der Waals surface area contributed by atoms with Gasteiger partial charge in [0.25, 0.3) is 0 Å². The van der Waals surface area contributed by atoms with Crippen LogP contribution in [0.15, 0.2) is 18.2 Å². The van der Waals surface area contributed by atoms with Crippen LogP contribution in [0.2, 0.25) is 5.02 Å². The molecule has 0 bridgehead atoms. The Kier molecular flexibility index (Phi) is 11.1. The number of rotatable bonds is 5. The SMILES string of the molecule is CCOCCOc1[c-]cc(Cl)cc1.[Zn+][Br]. The molecule has 0 aliphatic heterocycles. The van der Waals surface area contributed by atoms with Gasteiger partial charge in [-0.2, -0.15) is 23.7 Å². The van der Waals surface area contributed by atoms with E-state index in [0.717, 1.165) is 0 Å². The molecular formula is C10H12BrClO2Zn. The Morgan fingerprint density at radius 2 is 2.13 bits per heavy atom. The van der Waals surface area contributed by atoms with Gasteiger partial charge in [-0.05, 0) is 6.92 Å². The van der Waals surface area contributed by atoms with Gasteiger partial charge >= 0.3 is 30.0 Å². The Balaban J connectivity index is 0.000000921. The van der Waals surface area contributed by atoms with Crippen molar-refractivity contribution in [3.05, 3.63) is 29.3 Å². The van der Waals surface area contributed by atoms with E-state index in [4.69, 9.17) is 21.1 Å². The van der Waals surface area contributed by atoms with Gasteiger partial charge in [0.15, 0.2) is 0 Å². The first-order valence-electron chi connectivity index (χ1n) is 4.47. The van der Waals surface area contributed by atoms with E-state index in [1.54, 1.807) is 18.2 Å². The van der Waals surface area contributed by atoms with E-state index < -0.39 is 0 Å². The van der Waals surface area contributed by atoms with Crippen LogP contribution < -0.4 is 4.74 Å².